The molecule has 2 aromatic heterocycles. The zero-order chi connectivity index (χ0) is 23.7. The van der Waals surface area contributed by atoms with Gasteiger partial charge in [-0.05, 0) is 49.1 Å². The Balaban J connectivity index is 1.54. The lowest BCUT2D eigenvalue weighted by molar-refractivity contribution is 0.0697. The van der Waals surface area contributed by atoms with Crippen LogP contribution in [0.3, 0.4) is 0 Å². The normalized spacial score (nSPS) is 12.9. The Labute approximate surface area is 196 Å². The number of carbonyl (C=O) groups is 1. The molecule has 174 valence electrons. The van der Waals surface area contributed by atoms with Crippen molar-refractivity contribution in [3.05, 3.63) is 64.9 Å². The van der Waals surface area contributed by atoms with Gasteiger partial charge in [0.1, 0.15) is 11.6 Å². The van der Waals surface area contributed by atoms with E-state index >= 15 is 0 Å². The molecule has 2 aromatic carbocycles. The van der Waals surface area contributed by atoms with Gasteiger partial charge in [-0.15, -0.1) is 0 Å². The molecular weight excluding hydrogens is 434 g/mol. The summed E-state index contributed by atoms with van der Waals surface area (Å²) in [7, 11) is 3.22. The first-order valence-corrected chi connectivity index (χ1v) is 11.2. The molecule has 0 radical (unpaired) electrons. The van der Waals surface area contributed by atoms with Crippen molar-refractivity contribution in [2.75, 3.05) is 19.5 Å². The number of anilines is 1. The Morgan fingerprint density at radius 2 is 1.79 bits per heavy atom. The fourth-order valence-corrected chi connectivity index (χ4v) is 4.35. The van der Waals surface area contributed by atoms with E-state index in [0.29, 0.717) is 35.4 Å². The lowest BCUT2D eigenvalue weighted by Gasteiger charge is -2.13. The Morgan fingerprint density at radius 1 is 1.03 bits per heavy atom. The summed E-state index contributed by atoms with van der Waals surface area (Å²) in [5.74, 6) is 2.51. The minimum absolute atomic E-state index is 0.213. The third kappa shape index (κ3) is 4.03. The van der Waals surface area contributed by atoms with Crippen LogP contribution in [0.4, 0.5) is 5.82 Å². The smallest absolute Gasteiger partial charge is 0.335 e. The van der Waals surface area contributed by atoms with Crippen molar-refractivity contribution in [2.45, 2.75) is 32.2 Å². The van der Waals surface area contributed by atoms with Crippen LogP contribution in [0.5, 0.6) is 11.5 Å². The Kier molecular flexibility index (Phi) is 5.79. The quantitative estimate of drug-likeness (QED) is 0.393. The highest BCUT2D eigenvalue weighted by Crippen LogP contribution is 2.36. The molecule has 34 heavy (non-hydrogen) atoms. The van der Waals surface area contributed by atoms with Crippen LogP contribution in [0.25, 0.3) is 22.5 Å². The third-order valence-electron chi connectivity index (χ3n) is 6.11. The molecule has 5 rings (SSSR count). The minimum Gasteiger partial charge on any atom is -0.493 e. The molecule has 0 spiro atoms. The van der Waals surface area contributed by atoms with Gasteiger partial charge >= 0.3 is 5.97 Å². The molecule has 0 fully saturated rings. The number of aromatic carboxylic acids is 1. The Bertz CT molecular complexity index is 1360. The van der Waals surface area contributed by atoms with Crippen LogP contribution < -0.4 is 14.8 Å². The zero-order valence-electron chi connectivity index (χ0n) is 19.1. The van der Waals surface area contributed by atoms with Gasteiger partial charge in [0.25, 0.3) is 0 Å². The molecule has 0 saturated carbocycles. The molecule has 0 bridgehead atoms. The summed E-state index contributed by atoms with van der Waals surface area (Å²) >= 11 is 0. The average molecular weight is 460 g/mol. The van der Waals surface area contributed by atoms with Crippen LogP contribution in [0.1, 0.15) is 40.1 Å². The number of carboxylic acids is 1. The summed E-state index contributed by atoms with van der Waals surface area (Å²) in [6, 6.07) is 12.3. The van der Waals surface area contributed by atoms with Crippen LogP contribution in [0.15, 0.2) is 46.9 Å². The highest BCUT2D eigenvalue weighted by molar-refractivity contribution is 5.92. The van der Waals surface area contributed by atoms with Gasteiger partial charge in [0, 0.05) is 24.1 Å². The van der Waals surface area contributed by atoms with Crippen molar-refractivity contribution in [1.82, 2.24) is 9.97 Å². The van der Waals surface area contributed by atoms with Crippen LogP contribution in [0, 0.1) is 0 Å². The lowest BCUT2D eigenvalue weighted by atomic mass is 9.96. The number of aryl methyl sites for hydroxylation is 2. The Morgan fingerprint density at radius 3 is 2.53 bits per heavy atom. The molecule has 0 saturated heterocycles. The van der Waals surface area contributed by atoms with E-state index in [0.717, 1.165) is 48.0 Å². The number of rotatable bonds is 7. The molecule has 4 aromatic rings. The maximum atomic E-state index is 11.2. The highest BCUT2D eigenvalue weighted by atomic mass is 16.5. The first-order valence-electron chi connectivity index (χ1n) is 11.2. The molecule has 2 N–H and O–H groups in total. The zero-order valence-corrected chi connectivity index (χ0v) is 19.1. The van der Waals surface area contributed by atoms with Crippen LogP contribution in [-0.2, 0) is 19.4 Å². The second kappa shape index (κ2) is 9.05. The number of fused-ring (bicyclic) bond motifs is 3. The van der Waals surface area contributed by atoms with E-state index < -0.39 is 5.97 Å². The number of hydrogen-bond acceptors (Lipinski definition) is 7. The standard InChI is InChI=1S/C26H25N3O5/c1-32-20-12-7-15(13-21(20)33-2)14-27-24-22-18-5-3-4-6-19(18)34-25(22)29-23(28-24)16-8-10-17(11-9-16)26(30)31/h7-13H,3-6,14H2,1-2H3,(H,30,31)(H,27,28,29). The summed E-state index contributed by atoms with van der Waals surface area (Å²) in [6.07, 6.45) is 4.03. The van der Waals surface area contributed by atoms with Crippen LogP contribution >= 0.6 is 0 Å². The molecule has 0 amide bonds. The molecule has 0 unspecified atom stereocenters. The van der Waals surface area contributed by atoms with Gasteiger partial charge in [-0.3, -0.25) is 0 Å². The largest absolute Gasteiger partial charge is 0.493 e. The Hall–Kier alpha value is -4.07. The minimum atomic E-state index is -0.973. The van der Waals surface area contributed by atoms with Gasteiger partial charge in [0.05, 0.1) is 25.2 Å². The van der Waals surface area contributed by atoms with Gasteiger partial charge in [-0.25, -0.2) is 9.78 Å². The van der Waals surface area contributed by atoms with Crippen molar-refractivity contribution in [3.8, 4) is 22.9 Å². The second-order valence-electron chi connectivity index (χ2n) is 8.21. The molecule has 0 atom stereocenters. The van der Waals surface area contributed by atoms with Crippen molar-refractivity contribution in [3.63, 3.8) is 0 Å². The number of carboxylic acid groups (broad SMARTS) is 1. The fourth-order valence-electron chi connectivity index (χ4n) is 4.35. The fraction of sp³-hybridized carbons (Fsp3) is 0.269. The van der Waals surface area contributed by atoms with Gasteiger partial charge in [-0.1, -0.05) is 18.2 Å². The van der Waals surface area contributed by atoms with E-state index in [1.807, 2.05) is 18.2 Å². The first kappa shape index (κ1) is 21.8. The van der Waals surface area contributed by atoms with Gasteiger partial charge in [-0.2, -0.15) is 4.98 Å². The highest BCUT2D eigenvalue weighted by Gasteiger charge is 2.23. The molecule has 1 aliphatic carbocycles. The van der Waals surface area contributed by atoms with E-state index in [9.17, 15) is 9.90 Å². The summed E-state index contributed by atoms with van der Waals surface area (Å²) in [5, 5.41) is 13.6. The second-order valence-corrected chi connectivity index (χ2v) is 8.21. The van der Waals surface area contributed by atoms with E-state index in [2.05, 4.69) is 10.3 Å². The third-order valence-corrected chi connectivity index (χ3v) is 6.11. The summed E-state index contributed by atoms with van der Waals surface area (Å²) in [5.41, 5.74) is 3.66. The SMILES string of the molecule is COc1ccc(CNc2nc(-c3ccc(C(=O)O)cc3)nc3oc4c(c23)CCCC4)cc1OC. The van der Waals surface area contributed by atoms with Gasteiger partial charge in [0.2, 0.25) is 5.71 Å². The number of methoxy groups -OCH3 is 2. The van der Waals surface area contributed by atoms with Gasteiger partial charge < -0.3 is 24.3 Å². The summed E-state index contributed by atoms with van der Waals surface area (Å²) in [6.45, 7) is 0.518. The maximum absolute atomic E-state index is 11.2. The number of aromatic nitrogens is 2. The molecule has 0 aliphatic heterocycles. The van der Waals surface area contributed by atoms with Crippen LogP contribution in [-0.4, -0.2) is 35.3 Å². The first-order chi connectivity index (χ1) is 16.6. The topological polar surface area (TPSA) is 107 Å². The maximum Gasteiger partial charge on any atom is 0.335 e. The summed E-state index contributed by atoms with van der Waals surface area (Å²) < 4.78 is 16.9. The number of nitrogens with zero attached hydrogens (tertiary/aromatic N) is 2. The molecule has 8 heteroatoms. The predicted octanol–water partition coefficient (Wildman–Crippen LogP) is 5.10. The molecule has 1 aliphatic rings. The number of furan rings is 1. The lowest BCUT2D eigenvalue weighted by Crippen LogP contribution is -2.06. The van der Waals surface area contributed by atoms with Crippen LogP contribution in [0.2, 0.25) is 0 Å². The van der Waals surface area contributed by atoms with E-state index in [4.69, 9.17) is 18.9 Å². The van der Waals surface area contributed by atoms with E-state index in [1.54, 1.807) is 38.5 Å². The van der Waals surface area contributed by atoms with E-state index in [-0.39, 0.29) is 5.56 Å². The van der Waals surface area contributed by atoms with Crippen molar-refractivity contribution >= 4 is 22.9 Å². The summed E-state index contributed by atoms with van der Waals surface area (Å²) in [4.78, 5) is 20.7. The monoisotopic (exact) mass is 459 g/mol. The van der Waals surface area contributed by atoms with E-state index in [1.165, 1.54) is 5.56 Å². The van der Waals surface area contributed by atoms with Crippen molar-refractivity contribution in [2.24, 2.45) is 0 Å². The number of nitrogens with one attached hydrogen (secondary N) is 1. The number of benzene rings is 2. The number of hydrogen-bond donors (Lipinski definition) is 2. The molecule has 2 heterocycles. The molecule has 8 nitrogen and oxygen atoms in total. The van der Waals surface area contributed by atoms with Gasteiger partial charge in [0.15, 0.2) is 17.3 Å². The van der Waals surface area contributed by atoms with Crippen molar-refractivity contribution < 1.29 is 23.8 Å². The predicted molar refractivity (Wildman–Crippen MR) is 128 cm³/mol. The van der Waals surface area contributed by atoms with Crippen molar-refractivity contribution in [1.29, 1.82) is 0 Å². The average Bonchev–Trinajstić information content (AvgIpc) is 3.25. The molecular formula is C26H25N3O5. The number of ether oxygens (including phenoxy) is 2.